The summed E-state index contributed by atoms with van der Waals surface area (Å²) >= 11 is 0. The first-order valence-electron chi connectivity index (χ1n) is 9.66. The van der Waals surface area contributed by atoms with E-state index >= 15 is 0 Å². The highest BCUT2D eigenvalue weighted by Gasteiger charge is 2.32. The highest BCUT2D eigenvalue weighted by molar-refractivity contribution is 5.96. The number of H-pyrrole nitrogens is 1. The lowest BCUT2D eigenvalue weighted by molar-refractivity contribution is -0.137. The minimum Gasteiger partial charge on any atom is -0.490 e. The third kappa shape index (κ3) is 4.58. The molecule has 1 aliphatic heterocycles. The quantitative estimate of drug-likeness (QED) is 0.639. The number of para-hydroxylation sites is 1. The molecular weight excluding hydrogens is 399 g/mol. The number of aromatic nitrogens is 2. The van der Waals surface area contributed by atoms with E-state index in [1.165, 1.54) is 6.20 Å². The molecule has 0 amide bonds. The molecule has 9 heteroatoms. The molecular formula is C21H22F3N3O3. The van der Waals surface area contributed by atoms with Crippen molar-refractivity contribution in [3.05, 3.63) is 48.2 Å². The van der Waals surface area contributed by atoms with Crippen LogP contribution in [0.2, 0.25) is 0 Å². The number of β-amino-alcohol motifs (C(OH)–C–C–N with tert-alkyl or cyclic N) is 1. The average Bonchev–Trinajstić information content (AvgIpc) is 3.21. The number of nitrogens with zero attached hydrogens (tertiary/aromatic N) is 2. The van der Waals surface area contributed by atoms with Gasteiger partial charge in [0.1, 0.15) is 18.5 Å². The van der Waals surface area contributed by atoms with Gasteiger partial charge in [0.15, 0.2) is 0 Å². The standard InChI is InChI=1S/C21H22F3N3O3/c22-21(23,24)14-9-17(18-11-25-26-19(18)10-14)16-3-1-2-4-20(16)30-13-15(28)12-27-5-7-29-8-6-27/h1-4,9-11,15,28H,5-8,12-13H2,(H,25,26). The van der Waals surface area contributed by atoms with E-state index in [0.717, 1.165) is 25.2 Å². The number of nitrogens with one attached hydrogen (secondary N) is 1. The number of benzene rings is 2. The maximum atomic E-state index is 13.4. The smallest absolute Gasteiger partial charge is 0.416 e. The van der Waals surface area contributed by atoms with Crippen LogP contribution in [-0.2, 0) is 10.9 Å². The Labute approximate surface area is 171 Å². The van der Waals surface area contributed by atoms with E-state index in [4.69, 9.17) is 9.47 Å². The van der Waals surface area contributed by atoms with E-state index in [0.29, 0.717) is 47.5 Å². The van der Waals surface area contributed by atoms with Gasteiger partial charge in [-0.15, -0.1) is 0 Å². The SMILES string of the molecule is OC(COc1ccccc1-c1cc(C(F)(F)F)cc2[nH]ncc12)CN1CCOCC1. The lowest BCUT2D eigenvalue weighted by atomic mass is 9.98. The molecule has 160 valence electrons. The van der Waals surface area contributed by atoms with Crippen molar-refractivity contribution in [1.29, 1.82) is 0 Å². The number of ether oxygens (including phenoxy) is 2. The summed E-state index contributed by atoms with van der Waals surface area (Å²) in [5.74, 6) is 0.403. The second-order valence-corrected chi connectivity index (χ2v) is 7.23. The van der Waals surface area contributed by atoms with E-state index in [1.54, 1.807) is 24.3 Å². The lowest BCUT2D eigenvalue weighted by Crippen LogP contribution is -2.42. The van der Waals surface area contributed by atoms with Gasteiger partial charge in [0.2, 0.25) is 0 Å². The topological polar surface area (TPSA) is 70.6 Å². The van der Waals surface area contributed by atoms with Crippen LogP contribution < -0.4 is 4.74 Å². The summed E-state index contributed by atoms with van der Waals surface area (Å²) in [7, 11) is 0. The molecule has 4 rings (SSSR count). The molecule has 30 heavy (non-hydrogen) atoms. The molecule has 3 aromatic rings. The van der Waals surface area contributed by atoms with Crippen molar-refractivity contribution in [3.8, 4) is 16.9 Å². The molecule has 2 heterocycles. The molecule has 1 saturated heterocycles. The number of halogens is 3. The van der Waals surface area contributed by atoms with Crippen LogP contribution in [0.15, 0.2) is 42.6 Å². The predicted octanol–water partition coefficient (Wildman–Crippen LogP) is 3.32. The highest BCUT2D eigenvalue weighted by atomic mass is 19.4. The third-order valence-electron chi connectivity index (χ3n) is 5.07. The van der Waals surface area contributed by atoms with Crippen molar-refractivity contribution in [3.63, 3.8) is 0 Å². The van der Waals surface area contributed by atoms with Crippen molar-refractivity contribution in [2.45, 2.75) is 12.3 Å². The van der Waals surface area contributed by atoms with Gasteiger partial charge in [0.05, 0.1) is 30.5 Å². The molecule has 0 spiro atoms. The molecule has 1 fully saturated rings. The summed E-state index contributed by atoms with van der Waals surface area (Å²) < 4.78 is 51.3. The molecule has 2 aromatic carbocycles. The van der Waals surface area contributed by atoms with Gasteiger partial charge in [0, 0.05) is 30.6 Å². The number of fused-ring (bicyclic) bond motifs is 1. The van der Waals surface area contributed by atoms with E-state index in [1.807, 2.05) is 0 Å². The van der Waals surface area contributed by atoms with E-state index in [9.17, 15) is 18.3 Å². The first-order chi connectivity index (χ1) is 14.4. The van der Waals surface area contributed by atoms with Crippen LogP contribution in [0.25, 0.3) is 22.0 Å². The summed E-state index contributed by atoms with van der Waals surface area (Å²) in [6.45, 7) is 3.23. The number of hydrogen-bond acceptors (Lipinski definition) is 5. The Morgan fingerprint density at radius 1 is 1.17 bits per heavy atom. The fraction of sp³-hybridized carbons (Fsp3) is 0.381. The van der Waals surface area contributed by atoms with Gasteiger partial charge in [-0.25, -0.2) is 0 Å². The van der Waals surface area contributed by atoms with Gasteiger partial charge >= 0.3 is 6.18 Å². The first-order valence-corrected chi connectivity index (χ1v) is 9.66. The molecule has 1 aromatic heterocycles. The predicted molar refractivity (Wildman–Crippen MR) is 105 cm³/mol. The molecule has 6 nitrogen and oxygen atoms in total. The second-order valence-electron chi connectivity index (χ2n) is 7.23. The average molecular weight is 421 g/mol. The van der Waals surface area contributed by atoms with Gasteiger partial charge in [0.25, 0.3) is 0 Å². The normalized spacial score (nSPS) is 16.7. The summed E-state index contributed by atoms with van der Waals surface area (Å²) in [6, 6.07) is 9.01. The first kappa shape index (κ1) is 20.6. The second kappa shape index (κ2) is 8.63. The van der Waals surface area contributed by atoms with Gasteiger partial charge in [-0.05, 0) is 23.8 Å². The molecule has 0 radical (unpaired) electrons. The van der Waals surface area contributed by atoms with Crippen LogP contribution in [0.3, 0.4) is 0 Å². The zero-order valence-electron chi connectivity index (χ0n) is 16.2. The zero-order chi connectivity index (χ0) is 21.1. The van der Waals surface area contributed by atoms with Crippen LogP contribution in [0, 0.1) is 0 Å². The number of aliphatic hydroxyl groups is 1. The number of rotatable bonds is 6. The molecule has 0 bridgehead atoms. The maximum absolute atomic E-state index is 13.4. The van der Waals surface area contributed by atoms with E-state index in [2.05, 4.69) is 15.1 Å². The molecule has 1 atom stereocenters. The van der Waals surface area contributed by atoms with Crippen LogP contribution in [-0.4, -0.2) is 65.8 Å². The summed E-state index contributed by atoms with van der Waals surface area (Å²) in [4.78, 5) is 2.09. The fourth-order valence-electron chi connectivity index (χ4n) is 3.57. The van der Waals surface area contributed by atoms with Crippen LogP contribution in [0.1, 0.15) is 5.56 Å². The molecule has 1 aliphatic rings. The van der Waals surface area contributed by atoms with Gasteiger partial charge in [-0.1, -0.05) is 18.2 Å². The third-order valence-corrected chi connectivity index (χ3v) is 5.07. The largest absolute Gasteiger partial charge is 0.490 e. The zero-order valence-corrected chi connectivity index (χ0v) is 16.2. The number of morpholine rings is 1. The van der Waals surface area contributed by atoms with Crippen LogP contribution >= 0.6 is 0 Å². The monoisotopic (exact) mass is 421 g/mol. The Kier molecular flexibility index (Phi) is 5.94. The Morgan fingerprint density at radius 3 is 2.70 bits per heavy atom. The van der Waals surface area contributed by atoms with Gasteiger partial charge in [-0.2, -0.15) is 18.3 Å². The van der Waals surface area contributed by atoms with Gasteiger partial charge in [-0.3, -0.25) is 10.00 Å². The minimum atomic E-state index is -4.49. The Hall–Kier alpha value is -2.62. The number of aliphatic hydroxyl groups excluding tert-OH is 1. The molecule has 0 saturated carbocycles. The molecule has 2 N–H and O–H groups in total. The minimum absolute atomic E-state index is 0.0296. The van der Waals surface area contributed by atoms with E-state index in [-0.39, 0.29) is 6.61 Å². The summed E-state index contributed by atoms with van der Waals surface area (Å²) in [5, 5.41) is 17.4. The Bertz CT molecular complexity index is 1000. The van der Waals surface area contributed by atoms with Gasteiger partial charge < -0.3 is 14.6 Å². The number of alkyl halides is 3. The van der Waals surface area contributed by atoms with Crippen molar-refractivity contribution in [2.24, 2.45) is 0 Å². The summed E-state index contributed by atoms with van der Waals surface area (Å²) in [6.07, 6.45) is -3.72. The van der Waals surface area contributed by atoms with Crippen molar-refractivity contribution in [1.82, 2.24) is 15.1 Å². The number of aromatic amines is 1. The summed E-state index contributed by atoms with van der Waals surface area (Å²) in [5.41, 5.74) is 0.402. The van der Waals surface area contributed by atoms with Crippen LogP contribution in [0.5, 0.6) is 5.75 Å². The lowest BCUT2D eigenvalue weighted by Gasteiger charge is -2.28. The maximum Gasteiger partial charge on any atom is 0.416 e. The Balaban J connectivity index is 1.58. The van der Waals surface area contributed by atoms with Crippen molar-refractivity contribution in [2.75, 3.05) is 39.5 Å². The molecule has 0 aliphatic carbocycles. The van der Waals surface area contributed by atoms with Crippen molar-refractivity contribution >= 4 is 10.9 Å². The highest BCUT2D eigenvalue weighted by Crippen LogP contribution is 2.39. The van der Waals surface area contributed by atoms with Crippen molar-refractivity contribution < 1.29 is 27.8 Å². The Morgan fingerprint density at radius 2 is 1.93 bits per heavy atom. The fourth-order valence-corrected chi connectivity index (χ4v) is 3.57. The number of hydrogen-bond donors (Lipinski definition) is 2. The van der Waals surface area contributed by atoms with Crippen LogP contribution in [0.4, 0.5) is 13.2 Å². The molecule has 1 unspecified atom stereocenters. The van der Waals surface area contributed by atoms with E-state index < -0.39 is 17.8 Å².